The van der Waals surface area contributed by atoms with Crippen molar-refractivity contribution >= 4 is 6.08 Å². The van der Waals surface area contributed by atoms with Gasteiger partial charge in [0.25, 0.3) is 6.43 Å². The average Bonchev–Trinajstić information content (AvgIpc) is 2.46. The first-order valence-electron chi connectivity index (χ1n) is 3.84. The van der Waals surface area contributed by atoms with Gasteiger partial charge in [-0.2, -0.15) is 0 Å². The molecule has 0 heterocycles. The summed E-state index contributed by atoms with van der Waals surface area (Å²) in [7, 11) is 0. The summed E-state index contributed by atoms with van der Waals surface area (Å²) in [5.41, 5.74) is 2.18. The van der Waals surface area contributed by atoms with Gasteiger partial charge in [0.05, 0.1) is 0 Å². The van der Waals surface area contributed by atoms with Crippen LogP contribution in [-0.4, -0.2) is 6.43 Å². The number of benzene rings is 1. The summed E-state index contributed by atoms with van der Waals surface area (Å²) < 4.78 is 24.5. The number of hydrogen-bond donors (Lipinski definition) is 0. The van der Waals surface area contributed by atoms with E-state index in [9.17, 15) is 8.78 Å². The van der Waals surface area contributed by atoms with E-state index in [2.05, 4.69) is 0 Å². The Hall–Kier alpha value is -1.18. The quantitative estimate of drug-likeness (QED) is 0.601. The van der Waals surface area contributed by atoms with E-state index in [4.69, 9.17) is 0 Å². The first-order chi connectivity index (χ1) is 5.77. The Morgan fingerprint density at radius 3 is 2.58 bits per heavy atom. The largest absolute Gasteiger partial charge is 0.260 e. The van der Waals surface area contributed by atoms with Gasteiger partial charge < -0.3 is 0 Å². The zero-order valence-corrected chi connectivity index (χ0v) is 6.43. The summed E-state index contributed by atoms with van der Waals surface area (Å²) >= 11 is 0. The number of rotatable bonds is 1. The smallest absolute Gasteiger partial charge is 0.205 e. The van der Waals surface area contributed by atoms with Crippen LogP contribution in [0.3, 0.4) is 0 Å². The highest BCUT2D eigenvalue weighted by molar-refractivity contribution is 5.64. The molecule has 0 atom stereocenters. The molecule has 2 rings (SSSR count). The van der Waals surface area contributed by atoms with Gasteiger partial charge in [-0.25, -0.2) is 8.78 Å². The van der Waals surface area contributed by atoms with Crippen LogP contribution in [0.2, 0.25) is 0 Å². The Kier molecular flexibility index (Phi) is 1.68. The second kappa shape index (κ2) is 2.70. The summed E-state index contributed by atoms with van der Waals surface area (Å²) in [6.07, 6.45) is -0.314. The molecule has 0 radical (unpaired) electrons. The Labute approximate surface area is 69.5 Å². The predicted octanol–water partition coefficient (Wildman–Crippen LogP) is 2.89. The minimum absolute atomic E-state index is 0.233. The molecule has 0 bridgehead atoms. The van der Waals surface area contributed by atoms with E-state index in [-0.39, 0.29) is 5.57 Å². The molecule has 0 N–H and O–H groups in total. The topological polar surface area (TPSA) is 0 Å². The second-order valence-electron chi connectivity index (χ2n) is 2.90. The highest BCUT2D eigenvalue weighted by Crippen LogP contribution is 2.27. The molecule has 1 aromatic rings. The van der Waals surface area contributed by atoms with Crippen molar-refractivity contribution in [3.8, 4) is 0 Å². The lowest BCUT2D eigenvalue weighted by Gasteiger charge is -1.97. The Bertz CT molecular complexity index is 326. The molecule has 0 fully saturated rings. The first kappa shape index (κ1) is 7.47. The van der Waals surface area contributed by atoms with Gasteiger partial charge >= 0.3 is 0 Å². The molecule has 12 heavy (non-hydrogen) atoms. The maximum atomic E-state index is 12.2. The van der Waals surface area contributed by atoms with Crippen molar-refractivity contribution < 1.29 is 8.78 Å². The van der Waals surface area contributed by atoms with Gasteiger partial charge in [0.15, 0.2) is 0 Å². The fourth-order valence-corrected chi connectivity index (χ4v) is 1.45. The number of fused-ring (bicyclic) bond motifs is 1. The molecular formula is C10H8F2. The summed E-state index contributed by atoms with van der Waals surface area (Å²) in [4.78, 5) is 0. The van der Waals surface area contributed by atoms with E-state index in [1.807, 2.05) is 24.3 Å². The molecule has 0 nitrogen and oxygen atoms in total. The maximum Gasteiger partial charge on any atom is 0.260 e. The monoisotopic (exact) mass is 166 g/mol. The molecule has 0 spiro atoms. The fraction of sp³-hybridized carbons (Fsp3) is 0.200. The molecule has 0 aromatic heterocycles. The lowest BCUT2D eigenvalue weighted by Crippen LogP contribution is -1.95. The fourth-order valence-electron chi connectivity index (χ4n) is 1.45. The van der Waals surface area contributed by atoms with Crippen molar-refractivity contribution in [1.82, 2.24) is 0 Å². The highest BCUT2D eigenvalue weighted by Gasteiger charge is 2.18. The van der Waals surface area contributed by atoms with E-state index in [1.54, 1.807) is 6.08 Å². The van der Waals surface area contributed by atoms with Crippen molar-refractivity contribution in [2.75, 3.05) is 0 Å². The van der Waals surface area contributed by atoms with Gasteiger partial charge in [-0.15, -0.1) is 0 Å². The number of hydrogen-bond acceptors (Lipinski definition) is 0. The molecule has 62 valence electrons. The van der Waals surface area contributed by atoms with Crippen LogP contribution >= 0.6 is 0 Å². The third-order valence-corrected chi connectivity index (χ3v) is 2.07. The van der Waals surface area contributed by atoms with Gasteiger partial charge in [0.1, 0.15) is 0 Å². The van der Waals surface area contributed by atoms with Crippen molar-refractivity contribution in [2.24, 2.45) is 0 Å². The molecule has 0 saturated heterocycles. The summed E-state index contributed by atoms with van der Waals surface area (Å²) in [5, 5.41) is 0. The summed E-state index contributed by atoms with van der Waals surface area (Å²) in [6, 6.07) is 7.50. The second-order valence-corrected chi connectivity index (χ2v) is 2.90. The highest BCUT2D eigenvalue weighted by atomic mass is 19.3. The van der Waals surface area contributed by atoms with Crippen molar-refractivity contribution in [2.45, 2.75) is 12.8 Å². The van der Waals surface area contributed by atoms with Gasteiger partial charge in [-0.1, -0.05) is 24.3 Å². The van der Waals surface area contributed by atoms with Crippen LogP contribution < -0.4 is 0 Å². The molecule has 2 heteroatoms. The molecule has 0 unspecified atom stereocenters. The molecular weight excluding hydrogens is 158 g/mol. The summed E-state index contributed by atoms with van der Waals surface area (Å²) in [6.45, 7) is 0. The SMILES string of the molecule is FC(F)C1=Cc2ccccc2C1. The lowest BCUT2D eigenvalue weighted by atomic mass is 10.1. The van der Waals surface area contributed by atoms with E-state index in [1.165, 1.54) is 0 Å². The van der Waals surface area contributed by atoms with Crippen molar-refractivity contribution in [1.29, 1.82) is 0 Å². The van der Waals surface area contributed by atoms with Gasteiger partial charge in [-0.3, -0.25) is 0 Å². The molecule has 1 aromatic carbocycles. The van der Waals surface area contributed by atoms with Crippen LogP contribution in [0.1, 0.15) is 11.1 Å². The number of alkyl halides is 2. The Morgan fingerprint density at radius 2 is 1.92 bits per heavy atom. The van der Waals surface area contributed by atoms with Crippen LogP contribution in [0.4, 0.5) is 8.78 Å². The summed E-state index contributed by atoms with van der Waals surface area (Å²) in [5.74, 6) is 0. The molecule has 1 aliphatic carbocycles. The van der Waals surface area contributed by atoms with Gasteiger partial charge in [0.2, 0.25) is 0 Å². The van der Waals surface area contributed by atoms with Crippen molar-refractivity contribution in [3.63, 3.8) is 0 Å². The Morgan fingerprint density at radius 1 is 1.17 bits per heavy atom. The normalized spacial score (nSPS) is 14.8. The third-order valence-electron chi connectivity index (χ3n) is 2.07. The van der Waals surface area contributed by atoms with E-state index < -0.39 is 6.43 Å². The zero-order valence-electron chi connectivity index (χ0n) is 6.43. The maximum absolute atomic E-state index is 12.2. The van der Waals surface area contributed by atoms with Crippen LogP contribution in [0.15, 0.2) is 29.8 Å². The predicted molar refractivity (Wildman–Crippen MR) is 44.1 cm³/mol. The standard InChI is InChI=1S/C10H8F2/c11-10(12)9-5-7-3-1-2-4-8(7)6-9/h1-5,10H,6H2. The first-order valence-corrected chi connectivity index (χ1v) is 3.84. The van der Waals surface area contributed by atoms with E-state index in [0.717, 1.165) is 11.1 Å². The van der Waals surface area contributed by atoms with Gasteiger partial charge in [-0.05, 0) is 23.6 Å². The molecule has 0 saturated carbocycles. The van der Waals surface area contributed by atoms with Crippen LogP contribution in [0.5, 0.6) is 0 Å². The zero-order chi connectivity index (χ0) is 8.55. The number of halogens is 2. The average molecular weight is 166 g/mol. The van der Waals surface area contributed by atoms with E-state index in [0.29, 0.717) is 6.42 Å². The van der Waals surface area contributed by atoms with E-state index >= 15 is 0 Å². The molecule has 1 aliphatic rings. The Balaban J connectivity index is 2.35. The van der Waals surface area contributed by atoms with Crippen LogP contribution in [0, 0.1) is 0 Å². The minimum atomic E-state index is -2.31. The molecule has 0 amide bonds. The van der Waals surface area contributed by atoms with Gasteiger partial charge in [0, 0.05) is 5.57 Å². The number of allylic oxidation sites excluding steroid dienone is 1. The minimum Gasteiger partial charge on any atom is -0.205 e. The third kappa shape index (κ3) is 1.13. The molecule has 0 aliphatic heterocycles. The van der Waals surface area contributed by atoms with Crippen molar-refractivity contribution in [3.05, 3.63) is 41.0 Å². The van der Waals surface area contributed by atoms with Crippen LogP contribution in [0.25, 0.3) is 6.08 Å². The lowest BCUT2D eigenvalue weighted by molar-refractivity contribution is 0.189. The van der Waals surface area contributed by atoms with Crippen LogP contribution in [-0.2, 0) is 6.42 Å².